The van der Waals surface area contributed by atoms with E-state index in [2.05, 4.69) is 24.6 Å². The second-order valence-corrected chi connectivity index (χ2v) is 2.77. The molecule has 1 aliphatic carbocycles. The number of rotatable bonds is 0. The van der Waals surface area contributed by atoms with Crippen LogP contribution >= 0.6 is 0 Å². The van der Waals surface area contributed by atoms with E-state index < -0.39 is 0 Å². The molecule has 1 heteroatoms. The van der Waals surface area contributed by atoms with Gasteiger partial charge in [0.15, 0.2) is 0 Å². The Kier molecular flexibility index (Phi) is 1.19. The molecule has 0 bridgehead atoms. The zero-order chi connectivity index (χ0) is 7.84. The molecular weight excluding hydrogens is 134 g/mol. The Morgan fingerprint density at radius 2 is 2.18 bits per heavy atom. The molecule has 11 heavy (non-hydrogen) atoms. The Morgan fingerprint density at radius 3 is 2.91 bits per heavy atom. The zero-order valence-corrected chi connectivity index (χ0v) is 6.46. The van der Waals surface area contributed by atoms with Gasteiger partial charge in [-0.05, 0) is 29.7 Å². The van der Waals surface area contributed by atoms with E-state index in [0.29, 0.717) is 0 Å². The smallest absolute Gasteiger partial charge is 0.0349 e. The molecule has 0 spiro atoms. The molecule has 0 unspecified atom stereocenters. The average molecular weight is 143 g/mol. The first-order valence-electron chi connectivity index (χ1n) is 3.61. The van der Waals surface area contributed by atoms with Crippen molar-refractivity contribution in [3.8, 4) is 0 Å². The van der Waals surface area contributed by atoms with Crippen LogP contribution in [-0.2, 0) is 0 Å². The van der Waals surface area contributed by atoms with Gasteiger partial charge in [-0.25, -0.2) is 0 Å². The van der Waals surface area contributed by atoms with Crippen LogP contribution in [0.25, 0.3) is 11.1 Å². The van der Waals surface area contributed by atoms with Crippen molar-refractivity contribution in [3.05, 3.63) is 42.2 Å². The average Bonchev–Trinajstić information content (AvgIpc) is 2.30. The van der Waals surface area contributed by atoms with Gasteiger partial charge >= 0.3 is 0 Å². The Bertz CT molecular complexity index is 348. The first kappa shape index (κ1) is 6.35. The number of nitrogens with zero attached hydrogens (tertiary/aromatic N) is 1. The monoisotopic (exact) mass is 143 g/mol. The van der Waals surface area contributed by atoms with Crippen LogP contribution in [0.2, 0.25) is 0 Å². The summed E-state index contributed by atoms with van der Waals surface area (Å²) in [4.78, 5) is 4.06. The highest BCUT2D eigenvalue weighted by atomic mass is 14.6. The summed E-state index contributed by atoms with van der Waals surface area (Å²) in [5.41, 5.74) is 4.80. The minimum atomic E-state index is 1.10. The molecule has 2 rings (SSSR count). The van der Waals surface area contributed by atoms with Crippen molar-refractivity contribution in [2.45, 2.75) is 6.92 Å². The van der Waals surface area contributed by atoms with Gasteiger partial charge in [0.25, 0.3) is 0 Å². The first-order chi connectivity index (χ1) is 5.29. The number of hydrogen-bond acceptors (Lipinski definition) is 1. The summed E-state index contributed by atoms with van der Waals surface area (Å²) in [6, 6.07) is 2.00. The van der Waals surface area contributed by atoms with Gasteiger partial charge in [-0.2, -0.15) is 0 Å². The number of fused-ring (bicyclic) bond motifs is 1. The van der Waals surface area contributed by atoms with E-state index in [1.54, 1.807) is 6.20 Å². The molecule has 1 nitrogen and oxygen atoms in total. The molecule has 0 saturated carbocycles. The fourth-order valence-electron chi connectivity index (χ4n) is 1.41. The van der Waals surface area contributed by atoms with Crippen molar-refractivity contribution in [1.29, 1.82) is 0 Å². The minimum absolute atomic E-state index is 1.10. The second kappa shape index (κ2) is 2.06. The first-order valence-corrected chi connectivity index (χ1v) is 3.61. The van der Waals surface area contributed by atoms with Crippen molar-refractivity contribution < 1.29 is 0 Å². The number of allylic oxidation sites excluding steroid dienone is 3. The fraction of sp³-hybridized carbons (Fsp3) is 0.100. The van der Waals surface area contributed by atoms with Crippen molar-refractivity contribution in [2.24, 2.45) is 0 Å². The maximum atomic E-state index is 4.06. The van der Waals surface area contributed by atoms with Crippen molar-refractivity contribution in [2.75, 3.05) is 0 Å². The molecule has 1 aromatic heterocycles. The third kappa shape index (κ3) is 0.811. The van der Waals surface area contributed by atoms with Crippen molar-refractivity contribution in [3.63, 3.8) is 0 Å². The maximum absolute atomic E-state index is 4.06. The predicted octanol–water partition coefficient (Wildman–Crippen LogP) is 2.51. The lowest BCUT2D eigenvalue weighted by Gasteiger charge is -1.97. The van der Waals surface area contributed by atoms with Crippen LogP contribution in [0, 0.1) is 0 Å². The van der Waals surface area contributed by atoms with Gasteiger partial charge in [-0.3, -0.25) is 4.98 Å². The van der Waals surface area contributed by atoms with E-state index in [1.165, 1.54) is 16.7 Å². The van der Waals surface area contributed by atoms with Crippen LogP contribution in [-0.4, -0.2) is 4.98 Å². The van der Waals surface area contributed by atoms with E-state index in [0.717, 1.165) is 5.57 Å². The molecule has 1 aliphatic rings. The molecule has 54 valence electrons. The molecule has 0 amide bonds. The molecule has 0 atom stereocenters. The number of aromatic nitrogens is 1. The third-order valence-corrected chi connectivity index (χ3v) is 1.98. The summed E-state index contributed by atoms with van der Waals surface area (Å²) in [6.07, 6.45) is 5.78. The lowest BCUT2D eigenvalue weighted by molar-refractivity contribution is 1.30. The number of hydrogen-bond donors (Lipinski definition) is 0. The lowest BCUT2D eigenvalue weighted by atomic mass is 10.1. The van der Waals surface area contributed by atoms with Crippen molar-refractivity contribution in [1.82, 2.24) is 4.98 Å². The largest absolute Gasteiger partial charge is 0.264 e. The van der Waals surface area contributed by atoms with Crippen LogP contribution in [0.4, 0.5) is 0 Å². The molecule has 0 aromatic carbocycles. The molecule has 0 fully saturated rings. The fourth-order valence-corrected chi connectivity index (χ4v) is 1.41. The number of pyridine rings is 1. The SMILES string of the molecule is C=C1C=C(C)c2cnccc21. The summed E-state index contributed by atoms with van der Waals surface area (Å²) in [7, 11) is 0. The summed E-state index contributed by atoms with van der Waals surface area (Å²) in [5, 5.41) is 0. The Morgan fingerprint density at radius 1 is 1.36 bits per heavy atom. The normalized spacial score (nSPS) is 14.6. The van der Waals surface area contributed by atoms with Crippen LogP contribution in [0.1, 0.15) is 18.1 Å². The van der Waals surface area contributed by atoms with Crippen molar-refractivity contribution >= 4 is 11.1 Å². The summed E-state index contributed by atoms with van der Waals surface area (Å²) < 4.78 is 0. The Hall–Kier alpha value is -1.37. The highest BCUT2D eigenvalue weighted by Crippen LogP contribution is 2.32. The van der Waals surface area contributed by atoms with Gasteiger partial charge in [0.05, 0.1) is 0 Å². The Balaban J connectivity index is 2.71. The van der Waals surface area contributed by atoms with Gasteiger partial charge in [-0.15, -0.1) is 0 Å². The summed E-state index contributed by atoms with van der Waals surface area (Å²) in [6.45, 7) is 6.02. The van der Waals surface area contributed by atoms with Crippen LogP contribution in [0.15, 0.2) is 31.1 Å². The maximum Gasteiger partial charge on any atom is 0.0349 e. The van der Waals surface area contributed by atoms with E-state index in [9.17, 15) is 0 Å². The van der Waals surface area contributed by atoms with Gasteiger partial charge in [0, 0.05) is 18.0 Å². The molecule has 0 aliphatic heterocycles. The summed E-state index contributed by atoms with van der Waals surface area (Å²) >= 11 is 0. The molecule has 0 radical (unpaired) electrons. The summed E-state index contributed by atoms with van der Waals surface area (Å²) in [5.74, 6) is 0. The van der Waals surface area contributed by atoms with E-state index >= 15 is 0 Å². The van der Waals surface area contributed by atoms with Gasteiger partial charge in [-0.1, -0.05) is 12.7 Å². The molecule has 1 aromatic rings. The standard InChI is InChI=1S/C10H9N/c1-7-5-8(2)10-6-11-4-3-9(7)10/h3-6H,1H2,2H3. The molecule has 0 saturated heterocycles. The zero-order valence-electron chi connectivity index (χ0n) is 6.46. The Labute approximate surface area is 66.1 Å². The second-order valence-electron chi connectivity index (χ2n) is 2.77. The minimum Gasteiger partial charge on any atom is -0.264 e. The lowest BCUT2D eigenvalue weighted by Crippen LogP contribution is -1.82. The van der Waals surface area contributed by atoms with E-state index in [4.69, 9.17) is 0 Å². The highest BCUT2D eigenvalue weighted by Gasteiger charge is 2.12. The molecular formula is C10H9N. The molecule has 0 N–H and O–H groups in total. The van der Waals surface area contributed by atoms with E-state index in [-0.39, 0.29) is 0 Å². The van der Waals surface area contributed by atoms with Gasteiger partial charge in [0.2, 0.25) is 0 Å². The third-order valence-electron chi connectivity index (χ3n) is 1.98. The topological polar surface area (TPSA) is 12.9 Å². The quantitative estimate of drug-likeness (QED) is 0.543. The van der Waals surface area contributed by atoms with Crippen LogP contribution in [0.5, 0.6) is 0 Å². The molecule has 1 heterocycles. The predicted molar refractivity (Wildman–Crippen MR) is 46.9 cm³/mol. The van der Waals surface area contributed by atoms with Gasteiger partial charge < -0.3 is 0 Å². The van der Waals surface area contributed by atoms with E-state index in [1.807, 2.05) is 12.3 Å². The van der Waals surface area contributed by atoms with Gasteiger partial charge in [0.1, 0.15) is 0 Å². The highest BCUT2D eigenvalue weighted by molar-refractivity contribution is 5.93. The van der Waals surface area contributed by atoms with Crippen LogP contribution in [0.3, 0.4) is 0 Å². The van der Waals surface area contributed by atoms with Crippen LogP contribution < -0.4 is 0 Å².